The van der Waals surface area contributed by atoms with E-state index in [0.29, 0.717) is 5.95 Å². The summed E-state index contributed by atoms with van der Waals surface area (Å²) in [5.74, 6) is 2.13. The van der Waals surface area contributed by atoms with Crippen LogP contribution in [0.15, 0.2) is 24.3 Å². The first-order chi connectivity index (χ1) is 10.2. The molecule has 2 aromatic rings. The van der Waals surface area contributed by atoms with Gasteiger partial charge in [-0.25, -0.2) is 9.97 Å². The highest BCUT2D eigenvalue weighted by molar-refractivity contribution is 5.65. The molecule has 0 aliphatic heterocycles. The Balaban J connectivity index is 2.42. The van der Waals surface area contributed by atoms with E-state index in [-0.39, 0.29) is 0 Å². The minimum absolute atomic E-state index is 0.647. The zero-order valence-corrected chi connectivity index (χ0v) is 12.9. The van der Waals surface area contributed by atoms with Crippen LogP contribution < -0.4 is 14.8 Å². The van der Waals surface area contributed by atoms with Gasteiger partial charge < -0.3 is 14.8 Å². The molecule has 0 saturated carbocycles. The van der Waals surface area contributed by atoms with E-state index in [9.17, 15) is 0 Å². The minimum Gasteiger partial charge on any atom is -0.497 e. The molecule has 21 heavy (non-hydrogen) atoms. The number of nitrogens with one attached hydrogen (secondary N) is 1. The van der Waals surface area contributed by atoms with Gasteiger partial charge in [-0.05, 0) is 31.5 Å². The van der Waals surface area contributed by atoms with Crippen LogP contribution in [0.25, 0.3) is 11.3 Å². The molecule has 0 aliphatic carbocycles. The van der Waals surface area contributed by atoms with Crippen molar-refractivity contribution in [3.63, 3.8) is 0 Å². The molecule has 0 saturated heterocycles. The molecular formula is C16H21N3O2. The second-order valence-electron chi connectivity index (χ2n) is 4.75. The Morgan fingerprint density at radius 3 is 2.24 bits per heavy atom. The zero-order chi connectivity index (χ0) is 15.2. The number of rotatable bonds is 6. The molecule has 0 aliphatic rings. The Morgan fingerprint density at radius 1 is 1.00 bits per heavy atom. The van der Waals surface area contributed by atoms with Gasteiger partial charge in [-0.1, -0.05) is 6.92 Å². The maximum absolute atomic E-state index is 5.31. The highest BCUT2D eigenvalue weighted by Gasteiger charge is 2.08. The molecule has 2 rings (SSSR count). The van der Waals surface area contributed by atoms with Gasteiger partial charge in [0.25, 0.3) is 0 Å². The molecule has 5 heteroatoms. The highest BCUT2D eigenvalue weighted by Crippen LogP contribution is 2.29. The van der Waals surface area contributed by atoms with Crippen LogP contribution in [0.5, 0.6) is 11.5 Å². The van der Waals surface area contributed by atoms with Gasteiger partial charge in [0.05, 0.1) is 19.9 Å². The van der Waals surface area contributed by atoms with E-state index < -0.39 is 0 Å². The van der Waals surface area contributed by atoms with Crippen LogP contribution in [0, 0.1) is 6.92 Å². The topological polar surface area (TPSA) is 56.3 Å². The van der Waals surface area contributed by atoms with Crippen molar-refractivity contribution in [1.29, 1.82) is 0 Å². The van der Waals surface area contributed by atoms with Gasteiger partial charge in [0.2, 0.25) is 5.95 Å². The van der Waals surface area contributed by atoms with Gasteiger partial charge in [0.15, 0.2) is 0 Å². The average molecular weight is 287 g/mol. The summed E-state index contributed by atoms with van der Waals surface area (Å²) in [4.78, 5) is 8.96. The van der Waals surface area contributed by atoms with Gasteiger partial charge in [-0.3, -0.25) is 0 Å². The standard InChI is InChI=1S/C16H21N3O2/c1-5-6-17-16-18-11(2)7-15(19-16)12-8-13(20-3)10-14(9-12)21-4/h7-10H,5-6H2,1-4H3,(H,17,18,19). The number of ether oxygens (including phenoxy) is 2. The number of methoxy groups -OCH3 is 2. The molecule has 5 nitrogen and oxygen atoms in total. The molecule has 0 unspecified atom stereocenters. The van der Waals surface area contributed by atoms with E-state index >= 15 is 0 Å². The Hall–Kier alpha value is -2.30. The van der Waals surface area contributed by atoms with E-state index in [2.05, 4.69) is 22.2 Å². The summed E-state index contributed by atoms with van der Waals surface area (Å²) in [5, 5.41) is 3.22. The van der Waals surface area contributed by atoms with Gasteiger partial charge in [0, 0.05) is 23.9 Å². The van der Waals surface area contributed by atoms with Crippen molar-refractivity contribution in [2.24, 2.45) is 0 Å². The minimum atomic E-state index is 0.647. The highest BCUT2D eigenvalue weighted by atomic mass is 16.5. The lowest BCUT2D eigenvalue weighted by Crippen LogP contribution is -2.05. The normalized spacial score (nSPS) is 10.3. The van der Waals surface area contributed by atoms with Crippen molar-refractivity contribution in [3.05, 3.63) is 30.0 Å². The fourth-order valence-electron chi connectivity index (χ4n) is 1.99. The van der Waals surface area contributed by atoms with Crippen LogP contribution in [0.1, 0.15) is 19.0 Å². The number of anilines is 1. The molecule has 1 aromatic heterocycles. The summed E-state index contributed by atoms with van der Waals surface area (Å²) < 4.78 is 10.6. The molecule has 1 heterocycles. The van der Waals surface area contributed by atoms with Crippen LogP contribution in [0.2, 0.25) is 0 Å². The molecule has 0 radical (unpaired) electrons. The number of hydrogen-bond donors (Lipinski definition) is 1. The molecule has 0 spiro atoms. The van der Waals surface area contributed by atoms with Crippen LogP contribution >= 0.6 is 0 Å². The van der Waals surface area contributed by atoms with E-state index in [0.717, 1.165) is 41.4 Å². The largest absolute Gasteiger partial charge is 0.497 e. The third-order valence-electron chi connectivity index (χ3n) is 3.03. The third-order valence-corrected chi connectivity index (χ3v) is 3.03. The molecule has 0 amide bonds. The van der Waals surface area contributed by atoms with Crippen molar-refractivity contribution in [1.82, 2.24) is 9.97 Å². The number of aryl methyl sites for hydroxylation is 1. The summed E-state index contributed by atoms with van der Waals surface area (Å²) in [6.07, 6.45) is 1.03. The molecule has 0 atom stereocenters. The van der Waals surface area contributed by atoms with E-state index in [4.69, 9.17) is 9.47 Å². The predicted molar refractivity (Wildman–Crippen MR) is 84.1 cm³/mol. The molecule has 112 valence electrons. The summed E-state index contributed by atoms with van der Waals surface area (Å²) >= 11 is 0. The number of hydrogen-bond acceptors (Lipinski definition) is 5. The molecule has 0 bridgehead atoms. The average Bonchev–Trinajstić information content (AvgIpc) is 2.51. The lowest BCUT2D eigenvalue weighted by Gasteiger charge is -2.10. The fraction of sp³-hybridized carbons (Fsp3) is 0.375. The summed E-state index contributed by atoms with van der Waals surface area (Å²) in [7, 11) is 3.27. The Kier molecular flexibility index (Phi) is 4.98. The van der Waals surface area contributed by atoms with Crippen molar-refractivity contribution in [3.8, 4) is 22.8 Å². The summed E-state index contributed by atoms with van der Waals surface area (Å²) in [6.45, 7) is 4.92. The molecule has 0 fully saturated rings. The number of benzene rings is 1. The summed E-state index contributed by atoms with van der Waals surface area (Å²) in [5.41, 5.74) is 2.70. The lowest BCUT2D eigenvalue weighted by atomic mass is 10.1. The Bertz CT molecular complexity index is 592. The Labute approximate surface area is 125 Å². The van der Waals surface area contributed by atoms with Crippen molar-refractivity contribution < 1.29 is 9.47 Å². The van der Waals surface area contributed by atoms with Crippen molar-refractivity contribution in [2.75, 3.05) is 26.1 Å². The molecule has 1 N–H and O–H groups in total. The Morgan fingerprint density at radius 2 is 1.67 bits per heavy atom. The van der Waals surface area contributed by atoms with Crippen molar-refractivity contribution in [2.45, 2.75) is 20.3 Å². The van der Waals surface area contributed by atoms with Crippen LogP contribution in [-0.4, -0.2) is 30.7 Å². The van der Waals surface area contributed by atoms with Gasteiger partial charge in [-0.15, -0.1) is 0 Å². The zero-order valence-electron chi connectivity index (χ0n) is 12.9. The second-order valence-corrected chi connectivity index (χ2v) is 4.75. The fourth-order valence-corrected chi connectivity index (χ4v) is 1.99. The quantitative estimate of drug-likeness (QED) is 0.883. The first kappa shape index (κ1) is 15.1. The predicted octanol–water partition coefficient (Wildman–Crippen LogP) is 3.29. The smallest absolute Gasteiger partial charge is 0.223 e. The third kappa shape index (κ3) is 3.84. The molecule has 1 aromatic carbocycles. The lowest BCUT2D eigenvalue weighted by molar-refractivity contribution is 0.394. The van der Waals surface area contributed by atoms with Crippen LogP contribution in [-0.2, 0) is 0 Å². The second kappa shape index (κ2) is 6.92. The summed E-state index contributed by atoms with van der Waals surface area (Å²) in [6, 6.07) is 7.67. The van der Waals surface area contributed by atoms with E-state index in [1.807, 2.05) is 31.2 Å². The van der Waals surface area contributed by atoms with Gasteiger partial charge in [0.1, 0.15) is 11.5 Å². The van der Waals surface area contributed by atoms with Crippen molar-refractivity contribution >= 4 is 5.95 Å². The number of nitrogens with zero attached hydrogens (tertiary/aromatic N) is 2. The SMILES string of the molecule is CCCNc1nc(C)cc(-c2cc(OC)cc(OC)c2)n1. The van der Waals surface area contributed by atoms with E-state index in [1.54, 1.807) is 14.2 Å². The van der Waals surface area contributed by atoms with Gasteiger partial charge >= 0.3 is 0 Å². The first-order valence-corrected chi connectivity index (χ1v) is 6.99. The maximum Gasteiger partial charge on any atom is 0.223 e. The van der Waals surface area contributed by atoms with Gasteiger partial charge in [-0.2, -0.15) is 0 Å². The first-order valence-electron chi connectivity index (χ1n) is 6.99. The maximum atomic E-state index is 5.31. The van der Waals surface area contributed by atoms with Crippen LogP contribution in [0.3, 0.4) is 0 Å². The monoisotopic (exact) mass is 287 g/mol. The van der Waals surface area contributed by atoms with E-state index in [1.165, 1.54) is 0 Å². The number of aromatic nitrogens is 2. The van der Waals surface area contributed by atoms with Crippen LogP contribution in [0.4, 0.5) is 5.95 Å². The molecular weight excluding hydrogens is 266 g/mol.